The number of sulfonamides is 1. The second kappa shape index (κ2) is 10.1. The number of benzene rings is 1. The highest BCUT2D eigenvalue weighted by Crippen LogP contribution is 2.33. The maximum absolute atomic E-state index is 14.7. The number of unbranched alkanes of at least 4 members (excludes halogenated alkanes) is 1. The Bertz CT molecular complexity index is 1370. The molecule has 0 aliphatic heterocycles. The number of halogens is 2. The highest BCUT2D eigenvalue weighted by atomic mass is 35.5. The topological polar surface area (TPSA) is 130 Å². The highest BCUT2D eigenvalue weighted by molar-refractivity contribution is 7.92. The number of H-pyrrole nitrogens is 1. The van der Waals surface area contributed by atoms with Crippen LogP contribution in [-0.4, -0.2) is 43.2 Å². The third-order valence-electron chi connectivity index (χ3n) is 4.91. The Hall–Kier alpha value is -3.24. The van der Waals surface area contributed by atoms with Crippen molar-refractivity contribution < 1.29 is 17.6 Å². The van der Waals surface area contributed by atoms with Crippen molar-refractivity contribution in [3.8, 4) is 0 Å². The summed E-state index contributed by atoms with van der Waals surface area (Å²) in [5.41, 5.74) is 6.86. The van der Waals surface area contributed by atoms with E-state index < -0.39 is 27.2 Å². The van der Waals surface area contributed by atoms with E-state index in [0.717, 1.165) is 6.07 Å². The van der Waals surface area contributed by atoms with Crippen molar-refractivity contribution in [2.24, 2.45) is 10.7 Å². The Labute approximate surface area is 195 Å². The standard InChI is InChI=1S/C22H23ClFN5O3S/c1-3-4-7-33(31,32)29-18-6-5-17(24)19(20(18)23)21(30)16-12-28-22-15(16)8-13(11-27-22)14(9-25)10-26-2/h5-6,8-12,29H,3-4,7,25H2,1-2H3,(H,27,28). The number of hydrogen-bond acceptors (Lipinski definition) is 6. The summed E-state index contributed by atoms with van der Waals surface area (Å²) < 4.78 is 41.6. The van der Waals surface area contributed by atoms with Gasteiger partial charge in [0.1, 0.15) is 11.5 Å². The monoisotopic (exact) mass is 491 g/mol. The van der Waals surface area contributed by atoms with E-state index in [1.165, 1.54) is 18.5 Å². The lowest BCUT2D eigenvalue weighted by atomic mass is 10.0. The summed E-state index contributed by atoms with van der Waals surface area (Å²) in [7, 11) is -2.11. The van der Waals surface area contributed by atoms with Crippen LogP contribution in [0.4, 0.5) is 10.1 Å². The number of nitrogens with zero attached hydrogens (tertiary/aromatic N) is 2. The van der Waals surface area contributed by atoms with Gasteiger partial charge in [-0.15, -0.1) is 0 Å². The minimum atomic E-state index is -3.70. The lowest BCUT2D eigenvalue weighted by Gasteiger charge is -2.12. The van der Waals surface area contributed by atoms with Gasteiger partial charge in [0.25, 0.3) is 0 Å². The molecular weight excluding hydrogens is 469 g/mol. The summed E-state index contributed by atoms with van der Waals surface area (Å²) in [6, 6.07) is 3.87. The zero-order valence-electron chi connectivity index (χ0n) is 18.0. The second-order valence-corrected chi connectivity index (χ2v) is 9.44. The number of fused-ring (bicyclic) bond motifs is 1. The minimum Gasteiger partial charge on any atom is -0.404 e. The first-order chi connectivity index (χ1) is 15.7. The van der Waals surface area contributed by atoms with Crippen molar-refractivity contribution in [2.45, 2.75) is 19.8 Å². The van der Waals surface area contributed by atoms with E-state index in [4.69, 9.17) is 17.3 Å². The van der Waals surface area contributed by atoms with E-state index in [9.17, 15) is 17.6 Å². The van der Waals surface area contributed by atoms with Gasteiger partial charge in [0, 0.05) is 53.9 Å². The molecule has 0 atom stereocenters. The number of carbonyl (C=O) groups excluding carboxylic acids is 1. The van der Waals surface area contributed by atoms with Crippen LogP contribution in [0.25, 0.3) is 16.6 Å². The van der Waals surface area contributed by atoms with Crippen LogP contribution >= 0.6 is 11.6 Å². The number of pyridine rings is 1. The quantitative estimate of drug-likeness (QED) is 0.306. The van der Waals surface area contributed by atoms with Crippen molar-refractivity contribution in [1.82, 2.24) is 9.97 Å². The van der Waals surface area contributed by atoms with E-state index in [2.05, 4.69) is 19.7 Å². The Morgan fingerprint density at radius 2 is 2.15 bits per heavy atom. The lowest BCUT2D eigenvalue weighted by Crippen LogP contribution is -2.18. The maximum atomic E-state index is 14.7. The molecule has 0 saturated carbocycles. The Morgan fingerprint density at radius 3 is 2.82 bits per heavy atom. The van der Waals surface area contributed by atoms with Crippen molar-refractivity contribution in [3.05, 3.63) is 64.3 Å². The smallest absolute Gasteiger partial charge is 0.232 e. The van der Waals surface area contributed by atoms with Crippen LogP contribution in [0.15, 0.2) is 41.8 Å². The third kappa shape index (κ3) is 5.23. The number of nitrogens with two attached hydrogens (primary N) is 1. The molecule has 1 aromatic carbocycles. The number of nitrogens with one attached hydrogen (secondary N) is 2. The van der Waals surface area contributed by atoms with Gasteiger partial charge in [0.15, 0.2) is 5.78 Å². The van der Waals surface area contributed by atoms with Gasteiger partial charge in [0.05, 0.1) is 22.0 Å². The molecule has 2 heterocycles. The van der Waals surface area contributed by atoms with Crippen LogP contribution in [-0.2, 0) is 10.0 Å². The number of carbonyl (C=O) groups is 1. The summed E-state index contributed by atoms with van der Waals surface area (Å²) in [6.45, 7) is 1.86. The molecule has 3 aromatic rings. The van der Waals surface area contributed by atoms with E-state index in [0.29, 0.717) is 35.0 Å². The second-order valence-electron chi connectivity index (χ2n) is 7.22. The van der Waals surface area contributed by atoms with Crippen LogP contribution in [0.5, 0.6) is 0 Å². The zero-order chi connectivity index (χ0) is 24.2. The molecule has 0 bridgehead atoms. The van der Waals surface area contributed by atoms with E-state index in [-0.39, 0.29) is 22.0 Å². The SMILES string of the molecule is CCCCS(=O)(=O)Nc1ccc(F)c(C(=O)c2c[nH]c3ncc(C(C=NC)=CN)cc23)c1Cl. The minimum absolute atomic E-state index is 0.0660. The number of aromatic nitrogens is 2. The van der Waals surface area contributed by atoms with Crippen molar-refractivity contribution in [2.75, 3.05) is 17.5 Å². The molecule has 0 saturated heterocycles. The first-order valence-electron chi connectivity index (χ1n) is 10.1. The summed E-state index contributed by atoms with van der Waals surface area (Å²) in [6.07, 6.45) is 7.00. The predicted octanol–water partition coefficient (Wildman–Crippen LogP) is 4.13. The first kappa shape index (κ1) is 24.4. The van der Waals surface area contributed by atoms with Crippen LogP contribution in [0.3, 0.4) is 0 Å². The largest absolute Gasteiger partial charge is 0.404 e. The van der Waals surface area contributed by atoms with Crippen LogP contribution in [0.1, 0.15) is 41.3 Å². The van der Waals surface area contributed by atoms with Crippen molar-refractivity contribution >= 4 is 55.9 Å². The molecule has 0 aliphatic carbocycles. The summed E-state index contributed by atoms with van der Waals surface area (Å²) in [5, 5.41) is 0.102. The number of aliphatic imine (C=N–C) groups is 1. The number of rotatable bonds is 9. The fourth-order valence-corrected chi connectivity index (χ4v) is 4.85. The molecule has 2 aromatic heterocycles. The molecular formula is C22H23ClFN5O3S. The van der Waals surface area contributed by atoms with E-state index in [1.54, 1.807) is 25.5 Å². The molecule has 0 spiro atoms. The lowest BCUT2D eigenvalue weighted by molar-refractivity contribution is 0.103. The van der Waals surface area contributed by atoms with Gasteiger partial charge < -0.3 is 10.7 Å². The Kier molecular flexibility index (Phi) is 7.50. The molecule has 0 fully saturated rings. The fraction of sp³-hybridized carbons (Fsp3) is 0.227. The summed E-state index contributed by atoms with van der Waals surface area (Å²) in [5.74, 6) is -1.71. The number of allylic oxidation sites excluding steroid dienone is 1. The predicted molar refractivity (Wildman–Crippen MR) is 130 cm³/mol. The van der Waals surface area contributed by atoms with Crippen LogP contribution in [0, 0.1) is 5.82 Å². The zero-order valence-corrected chi connectivity index (χ0v) is 19.6. The normalized spacial score (nSPS) is 12.5. The molecule has 0 aliphatic rings. The highest BCUT2D eigenvalue weighted by Gasteiger charge is 2.25. The molecule has 3 rings (SSSR count). The molecule has 33 heavy (non-hydrogen) atoms. The van der Waals surface area contributed by atoms with E-state index in [1.807, 2.05) is 6.92 Å². The first-order valence-corrected chi connectivity index (χ1v) is 12.1. The van der Waals surface area contributed by atoms with Crippen LogP contribution in [0.2, 0.25) is 5.02 Å². The van der Waals surface area contributed by atoms with Crippen LogP contribution < -0.4 is 10.5 Å². The summed E-state index contributed by atoms with van der Waals surface area (Å²) in [4.78, 5) is 24.4. The Balaban J connectivity index is 2.07. The molecule has 4 N–H and O–H groups in total. The number of ketones is 1. The maximum Gasteiger partial charge on any atom is 0.232 e. The third-order valence-corrected chi connectivity index (χ3v) is 6.66. The van der Waals surface area contributed by atoms with Gasteiger partial charge in [-0.25, -0.2) is 17.8 Å². The molecule has 0 unspecified atom stereocenters. The molecule has 11 heteroatoms. The van der Waals surface area contributed by atoms with Gasteiger partial charge in [0.2, 0.25) is 10.0 Å². The molecule has 0 radical (unpaired) electrons. The van der Waals surface area contributed by atoms with Gasteiger partial charge in [-0.05, 0) is 24.6 Å². The summed E-state index contributed by atoms with van der Waals surface area (Å²) >= 11 is 6.31. The molecule has 8 nitrogen and oxygen atoms in total. The van der Waals surface area contributed by atoms with Gasteiger partial charge in [-0.2, -0.15) is 0 Å². The van der Waals surface area contributed by atoms with Gasteiger partial charge in [-0.1, -0.05) is 24.9 Å². The Morgan fingerprint density at radius 1 is 1.39 bits per heavy atom. The number of hydrogen-bond donors (Lipinski definition) is 3. The number of anilines is 1. The average Bonchev–Trinajstić information content (AvgIpc) is 3.21. The van der Waals surface area contributed by atoms with Gasteiger partial charge in [-0.3, -0.25) is 14.5 Å². The van der Waals surface area contributed by atoms with Gasteiger partial charge >= 0.3 is 0 Å². The fourth-order valence-electron chi connectivity index (χ4n) is 3.23. The van der Waals surface area contributed by atoms with Crippen molar-refractivity contribution in [1.29, 1.82) is 0 Å². The van der Waals surface area contributed by atoms with Crippen molar-refractivity contribution in [3.63, 3.8) is 0 Å². The molecule has 174 valence electrons. The number of aromatic amines is 1. The molecule has 0 amide bonds. The average molecular weight is 492 g/mol. The van der Waals surface area contributed by atoms with E-state index >= 15 is 0 Å².